The van der Waals surface area contributed by atoms with E-state index in [-0.39, 0.29) is 12.1 Å². The summed E-state index contributed by atoms with van der Waals surface area (Å²) in [6.45, 7) is 1.06. The second-order valence-electron chi connectivity index (χ2n) is 5.00. The maximum atomic E-state index is 12.0. The van der Waals surface area contributed by atoms with Crippen LogP contribution in [0.4, 0.5) is 0 Å². The molecular weight excluding hydrogens is 276 g/mol. The molecule has 1 aromatic carbocycles. The predicted molar refractivity (Wildman–Crippen MR) is 78.1 cm³/mol. The third kappa shape index (κ3) is 4.72. The summed E-state index contributed by atoms with van der Waals surface area (Å²) in [4.78, 5) is 12.0. The van der Waals surface area contributed by atoms with Gasteiger partial charge in [0.05, 0.1) is 11.7 Å². The van der Waals surface area contributed by atoms with Crippen molar-refractivity contribution in [3.63, 3.8) is 0 Å². The Bertz CT molecular complexity index is 481. The van der Waals surface area contributed by atoms with Crippen LogP contribution in [0.25, 0.3) is 0 Å². The van der Waals surface area contributed by atoms with Crippen LogP contribution in [0.5, 0.6) is 0 Å². The minimum absolute atomic E-state index is 0.0269. The maximum absolute atomic E-state index is 12.0. The number of carbonyl (C=O) groups is 1. The van der Waals surface area contributed by atoms with E-state index < -0.39 is 10.8 Å². The van der Waals surface area contributed by atoms with E-state index in [0.717, 1.165) is 31.4 Å². The van der Waals surface area contributed by atoms with E-state index in [4.69, 9.17) is 9.47 Å². The highest BCUT2D eigenvalue weighted by Crippen LogP contribution is 2.14. The van der Waals surface area contributed by atoms with Crippen molar-refractivity contribution < 1.29 is 18.5 Å². The van der Waals surface area contributed by atoms with Gasteiger partial charge in [-0.2, -0.15) is 0 Å². The van der Waals surface area contributed by atoms with Crippen LogP contribution in [0.2, 0.25) is 0 Å². The lowest BCUT2D eigenvalue weighted by Gasteiger charge is -2.22. The van der Waals surface area contributed by atoms with Crippen molar-refractivity contribution >= 4 is 16.8 Å². The lowest BCUT2D eigenvalue weighted by Crippen LogP contribution is -2.25. The van der Waals surface area contributed by atoms with Crippen molar-refractivity contribution in [3.05, 3.63) is 35.4 Å². The van der Waals surface area contributed by atoms with E-state index in [1.54, 1.807) is 24.5 Å². The largest absolute Gasteiger partial charge is 0.459 e. The van der Waals surface area contributed by atoms with Crippen molar-refractivity contribution in [1.82, 2.24) is 0 Å². The lowest BCUT2D eigenvalue weighted by molar-refractivity contribution is -0.0300. The fraction of sp³-hybridized carbons (Fsp3) is 0.533. The van der Waals surface area contributed by atoms with E-state index in [9.17, 15) is 9.00 Å². The van der Waals surface area contributed by atoms with Gasteiger partial charge in [0, 0.05) is 29.4 Å². The normalized spacial score (nSPS) is 20.4. The molecule has 0 amide bonds. The monoisotopic (exact) mass is 296 g/mol. The number of carbonyl (C=O) groups excluding carboxylic acids is 1. The SMILES string of the molecule is CS(=O)Cc1cccc(C(=O)OCC2CCCCO2)c1. The summed E-state index contributed by atoms with van der Waals surface area (Å²) in [7, 11) is -0.918. The van der Waals surface area contributed by atoms with Gasteiger partial charge in [0.15, 0.2) is 0 Å². The molecule has 0 bridgehead atoms. The van der Waals surface area contributed by atoms with Gasteiger partial charge in [-0.15, -0.1) is 0 Å². The summed E-state index contributed by atoms with van der Waals surface area (Å²) < 4.78 is 22.0. The van der Waals surface area contributed by atoms with Crippen molar-refractivity contribution in [2.75, 3.05) is 19.5 Å². The Hall–Kier alpha value is -1.20. The van der Waals surface area contributed by atoms with E-state index in [2.05, 4.69) is 0 Å². The second kappa shape index (κ2) is 7.55. The summed E-state index contributed by atoms with van der Waals surface area (Å²) in [6.07, 6.45) is 4.83. The molecule has 2 unspecified atom stereocenters. The van der Waals surface area contributed by atoms with Gasteiger partial charge in [0.1, 0.15) is 6.61 Å². The quantitative estimate of drug-likeness (QED) is 0.782. The zero-order chi connectivity index (χ0) is 14.4. The first kappa shape index (κ1) is 15.2. The summed E-state index contributed by atoms with van der Waals surface area (Å²) in [5, 5.41) is 0. The third-order valence-corrected chi connectivity index (χ3v) is 3.95. The Labute approximate surface area is 121 Å². The smallest absolute Gasteiger partial charge is 0.338 e. The Kier molecular flexibility index (Phi) is 5.73. The molecule has 0 N–H and O–H groups in total. The predicted octanol–water partition coefficient (Wildman–Crippen LogP) is 2.29. The molecule has 1 fully saturated rings. The molecule has 0 aliphatic carbocycles. The Morgan fingerprint density at radius 2 is 2.30 bits per heavy atom. The summed E-state index contributed by atoms with van der Waals surface area (Å²) >= 11 is 0. The standard InChI is InChI=1S/C15H20O4S/c1-20(17)11-12-5-4-6-13(9-12)15(16)19-10-14-7-2-3-8-18-14/h4-6,9,14H,2-3,7-8,10-11H2,1H3. The van der Waals surface area contributed by atoms with E-state index in [1.165, 1.54) is 0 Å². The van der Waals surface area contributed by atoms with Crippen molar-refractivity contribution in [1.29, 1.82) is 0 Å². The third-order valence-electron chi connectivity index (χ3n) is 3.21. The molecule has 20 heavy (non-hydrogen) atoms. The maximum Gasteiger partial charge on any atom is 0.338 e. The van der Waals surface area contributed by atoms with Crippen LogP contribution in [0, 0.1) is 0 Å². The topological polar surface area (TPSA) is 52.6 Å². The molecule has 1 aromatic rings. The van der Waals surface area contributed by atoms with Gasteiger partial charge in [-0.25, -0.2) is 4.79 Å². The van der Waals surface area contributed by atoms with Gasteiger partial charge in [-0.1, -0.05) is 12.1 Å². The van der Waals surface area contributed by atoms with Gasteiger partial charge >= 0.3 is 5.97 Å². The molecule has 0 aromatic heterocycles. The molecule has 0 spiro atoms. The number of rotatable bonds is 5. The number of hydrogen-bond donors (Lipinski definition) is 0. The fourth-order valence-electron chi connectivity index (χ4n) is 2.21. The summed E-state index contributed by atoms with van der Waals surface area (Å²) in [5.74, 6) is 0.107. The van der Waals surface area contributed by atoms with Crippen LogP contribution >= 0.6 is 0 Å². The van der Waals surface area contributed by atoms with Gasteiger partial charge in [-0.05, 0) is 37.0 Å². The van der Waals surface area contributed by atoms with E-state index >= 15 is 0 Å². The van der Waals surface area contributed by atoms with Crippen LogP contribution in [-0.2, 0) is 26.0 Å². The molecule has 4 nitrogen and oxygen atoms in total. The average Bonchev–Trinajstić information content (AvgIpc) is 2.45. The van der Waals surface area contributed by atoms with Crippen molar-refractivity contribution in [3.8, 4) is 0 Å². The molecule has 0 radical (unpaired) electrons. The van der Waals surface area contributed by atoms with Crippen molar-refractivity contribution in [2.45, 2.75) is 31.1 Å². The van der Waals surface area contributed by atoms with Gasteiger partial charge in [-0.3, -0.25) is 4.21 Å². The van der Waals surface area contributed by atoms with Crippen LogP contribution in [0.1, 0.15) is 35.2 Å². The lowest BCUT2D eigenvalue weighted by atomic mass is 10.1. The Morgan fingerprint density at radius 3 is 3.00 bits per heavy atom. The number of ether oxygens (including phenoxy) is 2. The molecule has 1 saturated heterocycles. The number of benzene rings is 1. The first-order chi connectivity index (χ1) is 9.65. The van der Waals surface area contributed by atoms with Gasteiger partial charge in [0.2, 0.25) is 0 Å². The first-order valence-corrected chi connectivity index (χ1v) is 8.55. The number of esters is 1. The van der Waals surface area contributed by atoms with Crippen LogP contribution in [0.3, 0.4) is 0 Å². The highest BCUT2D eigenvalue weighted by molar-refractivity contribution is 7.83. The Morgan fingerprint density at radius 1 is 1.45 bits per heavy atom. The first-order valence-electron chi connectivity index (χ1n) is 6.83. The highest BCUT2D eigenvalue weighted by Gasteiger charge is 2.16. The van der Waals surface area contributed by atoms with Crippen LogP contribution in [0.15, 0.2) is 24.3 Å². The van der Waals surface area contributed by atoms with E-state index in [0.29, 0.717) is 17.9 Å². The highest BCUT2D eigenvalue weighted by atomic mass is 32.2. The molecule has 110 valence electrons. The molecular formula is C15H20O4S. The van der Waals surface area contributed by atoms with Crippen molar-refractivity contribution in [2.24, 2.45) is 0 Å². The molecule has 0 saturated carbocycles. The van der Waals surface area contributed by atoms with E-state index in [1.807, 2.05) is 6.07 Å². The zero-order valence-electron chi connectivity index (χ0n) is 11.7. The van der Waals surface area contributed by atoms with Gasteiger partial charge in [0.25, 0.3) is 0 Å². The molecule has 1 aliphatic heterocycles. The molecule has 1 heterocycles. The van der Waals surface area contributed by atoms with Crippen LogP contribution < -0.4 is 0 Å². The minimum atomic E-state index is -0.918. The van der Waals surface area contributed by atoms with Gasteiger partial charge < -0.3 is 9.47 Å². The molecule has 2 rings (SSSR count). The van der Waals surface area contributed by atoms with Crippen LogP contribution in [-0.4, -0.2) is 35.8 Å². The molecule has 2 atom stereocenters. The Balaban J connectivity index is 1.89. The average molecular weight is 296 g/mol. The number of hydrogen-bond acceptors (Lipinski definition) is 4. The molecule has 1 aliphatic rings. The zero-order valence-corrected chi connectivity index (χ0v) is 12.5. The fourth-order valence-corrected chi connectivity index (χ4v) is 2.86. The molecule has 5 heteroatoms. The summed E-state index contributed by atoms with van der Waals surface area (Å²) in [6, 6.07) is 7.11. The minimum Gasteiger partial charge on any atom is -0.459 e. The second-order valence-corrected chi connectivity index (χ2v) is 6.44. The summed E-state index contributed by atoms with van der Waals surface area (Å²) in [5.41, 5.74) is 1.39.